The first-order valence-corrected chi connectivity index (χ1v) is 7.48. The number of amides is 1. The minimum absolute atomic E-state index is 0.224. The molecule has 2 aromatic rings. The Morgan fingerprint density at radius 2 is 2.04 bits per heavy atom. The zero-order valence-corrected chi connectivity index (χ0v) is 13.1. The molecule has 1 aromatic heterocycles. The summed E-state index contributed by atoms with van der Waals surface area (Å²) in [6, 6.07) is 8.25. The average molecular weight is 331 g/mol. The summed E-state index contributed by atoms with van der Waals surface area (Å²) in [5, 5.41) is 12.9. The van der Waals surface area contributed by atoms with Crippen LogP contribution in [0.3, 0.4) is 0 Å². The van der Waals surface area contributed by atoms with Gasteiger partial charge in [0.15, 0.2) is 6.61 Å². The number of esters is 1. The van der Waals surface area contributed by atoms with E-state index in [9.17, 15) is 14.4 Å². The highest BCUT2D eigenvalue weighted by molar-refractivity contribution is 7.07. The fourth-order valence-electron chi connectivity index (χ4n) is 1.74. The Bertz CT molecular complexity index is 814. The van der Waals surface area contributed by atoms with Crippen molar-refractivity contribution in [2.75, 3.05) is 11.9 Å². The van der Waals surface area contributed by atoms with Gasteiger partial charge < -0.3 is 10.1 Å². The summed E-state index contributed by atoms with van der Waals surface area (Å²) < 4.78 is 6.13. The molecule has 0 saturated carbocycles. The van der Waals surface area contributed by atoms with Crippen molar-refractivity contribution >= 4 is 28.9 Å². The van der Waals surface area contributed by atoms with Gasteiger partial charge in [0, 0.05) is 16.8 Å². The molecule has 1 heterocycles. The van der Waals surface area contributed by atoms with Crippen LogP contribution in [0, 0.1) is 18.3 Å². The maximum absolute atomic E-state index is 11.7. The summed E-state index contributed by atoms with van der Waals surface area (Å²) in [5.41, 5.74) is 1.64. The van der Waals surface area contributed by atoms with Gasteiger partial charge in [0.25, 0.3) is 5.91 Å². The molecule has 0 atom stereocenters. The maximum Gasteiger partial charge on any atom is 0.326 e. The van der Waals surface area contributed by atoms with Gasteiger partial charge in [-0.15, -0.1) is 0 Å². The molecule has 0 aliphatic carbocycles. The summed E-state index contributed by atoms with van der Waals surface area (Å²) in [5.74, 6) is -1.17. The summed E-state index contributed by atoms with van der Waals surface area (Å²) in [7, 11) is 0. The molecule has 7 nitrogen and oxygen atoms in total. The first-order valence-electron chi connectivity index (χ1n) is 6.60. The summed E-state index contributed by atoms with van der Waals surface area (Å²) >= 11 is 1.000. The first-order chi connectivity index (χ1) is 11.0. The number of nitriles is 1. The quantitative estimate of drug-likeness (QED) is 0.832. The number of carbonyl (C=O) groups excluding carboxylic acids is 2. The number of nitrogens with zero attached hydrogens (tertiary/aromatic N) is 2. The number of aromatic nitrogens is 1. The van der Waals surface area contributed by atoms with Crippen molar-refractivity contribution in [1.82, 2.24) is 4.57 Å². The van der Waals surface area contributed by atoms with Crippen molar-refractivity contribution in [3.8, 4) is 6.07 Å². The smallest absolute Gasteiger partial charge is 0.326 e. The Morgan fingerprint density at radius 3 is 2.61 bits per heavy atom. The third kappa shape index (κ3) is 4.52. The van der Waals surface area contributed by atoms with Crippen molar-refractivity contribution in [2.24, 2.45) is 0 Å². The normalized spacial score (nSPS) is 9.91. The molecule has 0 aliphatic rings. The van der Waals surface area contributed by atoms with Crippen LogP contribution in [0.25, 0.3) is 0 Å². The molecule has 0 fully saturated rings. The number of aryl methyl sites for hydroxylation is 1. The van der Waals surface area contributed by atoms with Crippen molar-refractivity contribution in [3.05, 3.63) is 50.6 Å². The van der Waals surface area contributed by atoms with Crippen LogP contribution in [0.5, 0.6) is 0 Å². The molecule has 0 saturated heterocycles. The second-order valence-corrected chi connectivity index (χ2v) is 5.45. The lowest BCUT2D eigenvalue weighted by Gasteiger charge is -2.07. The fourth-order valence-corrected chi connectivity index (χ4v) is 2.48. The van der Waals surface area contributed by atoms with Gasteiger partial charge in [-0.3, -0.25) is 19.0 Å². The van der Waals surface area contributed by atoms with E-state index in [2.05, 4.69) is 5.32 Å². The second-order valence-electron chi connectivity index (χ2n) is 4.63. The fraction of sp³-hybridized carbons (Fsp3) is 0.200. The van der Waals surface area contributed by atoms with Gasteiger partial charge in [-0.1, -0.05) is 11.3 Å². The van der Waals surface area contributed by atoms with E-state index in [0.29, 0.717) is 16.9 Å². The van der Waals surface area contributed by atoms with Gasteiger partial charge >= 0.3 is 10.8 Å². The van der Waals surface area contributed by atoms with E-state index in [4.69, 9.17) is 10.00 Å². The highest BCUT2D eigenvalue weighted by Gasteiger charge is 2.11. The van der Waals surface area contributed by atoms with Crippen molar-refractivity contribution in [1.29, 1.82) is 5.26 Å². The van der Waals surface area contributed by atoms with E-state index < -0.39 is 18.5 Å². The van der Waals surface area contributed by atoms with Crippen LogP contribution in [0.2, 0.25) is 0 Å². The van der Waals surface area contributed by atoms with E-state index >= 15 is 0 Å². The van der Waals surface area contributed by atoms with E-state index in [1.165, 1.54) is 4.57 Å². The molecule has 8 heteroatoms. The van der Waals surface area contributed by atoms with E-state index in [1.54, 1.807) is 36.6 Å². The maximum atomic E-state index is 11.7. The number of benzene rings is 1. The predicted octanol–water partition coefficient (Wildman–Crippen LogP) is 1.27. The average Bonchev–Trinajstić information content (AvgIpc) is 2.85. The predicted molar refractivity (Wildman–Crippen MR) is 84.1 cm³/mol. The molecule has 1 aromatic carbocycles. The third-order valence-corrected chi connectivity index (χ3v) is 3.81. The Balaban J connectivity index is 1.83. The van der Waals surface area contributed by atoms with Crippen LogP contribution < -0.4 is 10.2 Å². The number of rotatable bonds is 5. The minimum Gasteiger partial charge on any atom is -0.454 e. The zero-order chi connectivity index (χ0) is 16.8. The minimum atomic E-state index is -0.663. The van der Waals surface area contributed by atoms with Gasteiger partial charge in [0.2, 0.25) is 0 Å². The monoisotopic (exact) mass is 331 g/mol. The number of carbonyl (C=O) groups is 2. The number of thiazole rings is 1. The van der Waals surface area contributed by atoms with Gasteiger partial charge in [-0.2, -0.15) is 5.26 Å². The lowest BCUT2D eigenvalue weighted by molar-refractivity contribution is -0.147. The second kappa shape index (κ2) is 7.38. The van der Waals surface area contributed by atoms with Gasteiger partial charge in [0.05, 0.1) is 11.6 Å². The topological polar surface area (TPSA) is 101 Å². The van der Waals surface area contributed by atoms with Crippen LogP contribution >= 0.6 is 11.3 Å². The van der Waals surface area contributed by atoms with Gasteiger partial charge in [0.1, 0.15) is 6.54 Å². The Kier molecular flexibility index (Phi) is 5.28. The standard InChI is InChI=1S/C15H13N3O4S/c1-10-9-23-15(21)18(10)7-14(20)22-8-13(19)17-12-4-2-11(6-16)3-5-12/h2-5,9H,7-8H2,1H3,(H,17,19). The molecule has 0 radical (unpaired) electrons. The number of nitrogens with one attached hydrogen (secondary N) is 1. The van der Waals surface area contributed by atoms with Gasteiger partial charge in [-0.05, 0) is 31.2 Å². The van der Waals surface area contributed by atoms with Gasteiger partial charge in [-0.25, -0.2) is 0 Å². The van der Waals surface area contributed by atoms with Crippen LogP contribution in [-0.4, -0.2) is 23.1 Å². The zero-order valence-electron chi connectivity index (χ0n) is 12.2. The SMILES string of the molecule is Cc1csc(=O)n1CC(=O)OCC(=O)Nc1ccc(C#N)cc1. The summed E-state index contributed by atoms with van der Waals surface area (Å²) in [4.78, 5) is 34.6. The highest BCUT2D eigenvalue weighted by Crippen LogP contribution is 2.08. The summed E-state index contributed by atoms with van der Waals surface area (Å²) in [6.45, 7) is 1.04. The molecular formula is C15H13N3O4S. The third-order valence-electron chi connectivity index (χ3n) is 2.93. The largest absolute Gasteiger partial charge is 0.454 e. The van der Waals surface area contributed by atoms with E-state index in [0.717, 1.165) is 11.3 Å². The van der Waals surface area contributed by atoms with Crippen molar-refractivity contribution in [3.63, 3.8) is 0 Å². The van der Waals surface area contributed by atoms with Crippen molar-refractivity contribution < 1.29 is 14.3 Å². The first kappa shape index (κ1) is 16.5. The Morgan fingerprint density at radius 1 is 1.35 bits per heavy atom. The number of hydrogen-bond donors (Lipinski definition) is 1. The number of ether oxygens (including phenoxy) is 1. The summed E-state index contributed by atoms with van der Waals surface area (Å²) in [6.07, 6.45) is 0. The van der Waals surface area contributed by atoms with Crippen LogP contribution in [-0.2, 0) is 20.9 Å². The van der Waals surface area contributed by atoms with Crippen LogP contribution in [0.15, 0.2) is 34.4 Å². The lowest BCUT2D eigenvalue weighted by Crippen LogP contribution is -2.26. The highest BCUT2D eigenvalue weighted by atomic mass is 32.1. The number of anilines is 1. The molecule has 1 N–H and O–H groups in total. The Hall–Kier alpha value is -2.92. The molecule has 118 valence electrons. The molecule has 0 unspecified atom stereocenters. The van der Waals surface area contributed by atoms with E-state index in [-0.39, 0.29) is 11.4 Å². The van der Waals surface area contributed by atoms with Crippen molar-refractivity contribution in [2.45, 2.75) is 13.5 Å². The van der Waals surface area contributed by atoms with Crippen LogP contribution in [0.1, 0.15) is 11.3 Å². The number of hydrogen-bond acceptors (Lipinski definition) is 6. The van der Waals surface area contributed by atoms with Crippen LogP contribution in [0.4, 0.5) is 5.69 Å². The molecule has 2 rings (SSSR count). The molecular weight excluding hydrogens is 318 g/mol. The van der Waals surface area contributed by atoms with E-state index in [1.807, 2.05) is 6.07 Å². The molecule has 0 aliphatic heterocycles. The molecule has 23 heavy (non-hydrogen) atoms. The lowest BCUT2D eigenvalue weighted by atomic mass is 10.2. The molecule has 1 amide bonds. The molecule has 0 bridgehead atoms. The Labute approximate surface area is 135 Å². The molecule has 0 spiro atoms.